The molecule has 1 aromatic carbocycles. The predicted molar refractivity (Wildman–Crippen MR) is 80.8 cm³/mol. The maximum Gasteiger partial charge on any atom is 0.238 e. The minimum Gasteiger partial charge on any atom is -0.497 e. The lowest BCUT2D eigenvalue weighted by Crippen LogP contribution is -2.58. The number of ether oxygens (including phenoxy) is 2. The van der Waals surface area contributed by atoms with E-state index >= 15 is 0 Å². The topological polar surface area (TPSA) is 62.8 Å². The molecule has 0 spiro atoms. The van der Waals surface area contributed by atoms with Gasteiger partial charge in [0.15, 0.2) is 0 Å². The summed E-state index contributed by atoms with van der Waals surface area (Å²) < 4.78 is 10.8. The minimum absolute atomic E-state index is 0.0478. The van der Waals surface area contributed by atoms with Gasteiger partial charge >= 0.3 is 0 Å². The summed E-state index contributed by atoms with van der Waals surface area (Å²) in [5.74, 6) is 1.67. The average molecular weight is 293 g/mol. The second-order valence-corrected chi connectivity index (χ2v) is 4.89. The van der Waals surface area contributed by atoms with Crippen molar-refractivity contribution in [1.29, 1.82) is 0 Å². The van der Waals surface area contributed by atoms with Gasteiger partial charge in [-0.05, 0) is 24.3 Å². The number of piperazine rings is 1. The Labute approximate surface area is 125 Å². The van der Waals surface area contributed by atoms with Gasteiger partial charge in [0.05, 0.1) is 7.11 Å². The van der Waals surface area contributed by atoms with E-state index < -0.39 is 0 Å². The highest BCUT2D eigenvalue weighted by Gasteiger charge is 2.27. The lowest BCUT2D eigenvalue weighted by molar-refractivity contribution is -0.126. The number of amides is 1. The van der Waals surface area contributed by atoms with E-state index in [9.17, 15) is 4.79 Å². The Hall–Kier alpha value is -1.79. The van der Waals surface area contributed by atoms with E-state index in [4.69, 9.17) is 9.47 Å². The number of hydrogen-bond donors (Lipinski definition) is 2. The summed E-state index contributed by atoms with van der Waals surface area (Å²) in [4.78, 5) is 14.0. The molecule has 6 nitrogen and oxygen atoms in total. The van der Waals surface area contributed by atoms with Gasteiger partial charge in [0.1, 0.15) is 24.1 Å². The van der Waals surface area contributed by atoms with Crippen LogP contribution >= 0.6 is 0 Å². The molecule has 1 heterocycles. The zero-order chi connectivity index (χ0) is 15.1. The number of hydrogen-bond acceptors (Lipinski definition) is 5. The molecular weight excluding hydrogens is 270 g/mol. The van der Waals surface area contributed by atoms with Gasteiger partial charge in [0.25, 0.3) is 0 Å². The van der Waals surface area contributed by atoms with Gasteiger partial charge in [-0.2, -0.15) is 0 Å². The summed E-state index contributed by atoms with van der Waals surface area (Å²) in [5.41, 5.74) is 0. The molecule has 1 amide bonds. The van der Waals surface area contributed by atoms with Crippen molar-refractivity contribution >= 4 is 5.91 Å². The van der Waals surface area contributed by atoms with Crippen LogP contribution in [0.3, 0.4) is 0 Å². The fraction of sp³-hybridized carbons (Fsp3) is 0.533. The van der Waals surface area contributed by atoms with Crippen LogP contribution in [0.1, 0.15) is 0 Å². The van der Waals surface area contributed by atoms with E-state index in [-0.39, 0.29) is 11.9 Å². The summed E-state index contributed by atoms with van der Waals surface area (Å²) in [6, 6.07) is 7.38. The lowest BCUT2D eigenvalue weighted by atomic mass is 10.2. The molecule has 2 N–H and O–H groups in total. The van der Waals surface area contributed by atoms with Crippen molar-refractivity contribution in [2.45, 2.75) is 6.04 Å². The summed E-state index contributed by atoms with van der Waals surface area (Å²) in [7, 11) is 3.31. The number of nitrogens with zero attached hydrogens (tertiary/aromatic N) is 1. The van der Waals surface area contributed by atoms with E-state index in [1.165, 1.54) is 0 Å². The van der Waals surface area contributed by atoms with E-state index in [1.54, 1.807) is 14.2 Å². The standard InChI is InChI=1S/C15H23N3O3/c1-16-15(19)14-11-17-7-8-18(14)9-10-21-13-5-3-12(20-2)4-6-13/h3-6,14,17H,7-11H2,1-2H3,(H,16,19). The summed E-state index contributed by atoms with van der Waals surface area (Å²) in [6.45, 7) is 3.72. The van der Waals surface area contributed by atoms with E-state index in [0.29, 0.717) is 13.2 Å². The third-order valence-electron chi connectivity index (χ3n) is 3.61. The Morgan fingerprint density at radius 3 is 2.76 bits per heavy atom. The third kappa shape index (κ3) is 4.34. The summed E-state index contributed by atoms with van der Waals surface area (Å²) in [5, 5.41) is 5.95. The molecule has 2 rings (SSSR count). The Morgan fingerprint density at radius 2 is 2.10 bits per heavy atom. The Kier molecular flexibility index (Phi) is 5.83. The van der Waals surface area contributed by atoms with Crippen molar-refractivity contribution in [3.05, 3.63) is 24.3 Å². The van der Waals surface area contributed by atoms with E-state index in [2.05, 4.69) is 15.5 Å². The summed E-state index contributed by atoms with van der Waals surface area (Å²) in [6.07, 6.45) is 0. The summed E-state index contributed by atoms with van der Waals surface area (Å²) >= 11 is 0. The zero-order valence-electron chi connectivity index (χ0n) is 12.6. The molecule has 0 radical (unpaired) electrons. The molecule has 1 atom stereocenters. The number of rotatable bonds is 6. The molecule has 0 saturated carbocycles. The molecule has 0 bridgehead atoms. The van der Waals surface area contributed by atoms with Gasteiger partial charge in [0.2, 0.25) is 5.91 Å². The molecule has 1 saturated heterocycles. The van der Waals surface area contributed by atoms with Crippen LogP contribution < -0.4 is 20.1 Å². The van der Waals surface area contributed by atoms with Crippen LogP contribution in [0.2, 0.25) is 0 Å². The SMILES string of the molecule is CNC(=O)C1CNCCN1CCOc1ccc(OC)cc1. The minimum atomic E-state index is -0.122. The molecule has 1 aliphatic heterocycles. The first kappa shape index (κ1) is 15.6. The van der Waals surface area contributed by atoms with Gasteiger partial charge < -0.3 is 20.1 Å². The monoisotopic (exact) mass is 293 g/mol. The smallest absolute Gasteiger partial charge is 0.238 e. The maximum absolute atomic E-state index is 11.8. The second kappa shape index (κ2) is 7.85. The molecule has 0 aromatic heterocycles. The predicted octanol–water partition coefficient (Wildman–Crippen LogP) is 0.0938. The van der Waals surface area contributed by atoms with E-state index in [1.807, 2.05) is 24.3 Å². The lowest BCUT2D eigenvalue weighted by Gasteiger charge is -2.34. The van der Waals surface area contributed by atoms with Crippen LogP contribution in [0, 0.1) is 0 Å². The first-order chi connectivity index (χ1) is 10.2. The first-order valence-corrected chi connectivity index (χ1v) is 7.18. The highest BCUT2D eigenvalue weighted by Crippen LogP contribution is 2.17. The highest BCUT2D eigenvalue weighted by atomic mass is 16.5. The molecule has 21 heavy (non-hydrogen) atoms. The van der Waals surface area contributed by atoms with Crippen LogP contribution in [-0.2, 0) is 4.79 Å². The number of benzene rings is 1. The fourth-order valence-corrected chi connectivity index (χ4v) is 2.39. The largest absolute Gasteiger partial charge is 0.497 e. The molecule has 1 unspecified atom stereocenters. The fourth-order valence-electron chi connectivity index (χ4n) is 2.39. The number of nitrogens with one attached hydrogen (secondary N) is 2. The van der Waals surface area contributed by atoms with E-state index in [0.717, 1.165) is 31.1 Å². The van der Waals surface area contributed by atoms with Crippen molar-refractivity contribution in [2.24, 2.45) is 0 Å². The van der Waals surface area contributed by atoms with Crippen LogP contribution in [0.5, 0.6) is 11.5 Å². The van der Waals surface area contributed by atoms with Crippen LogP contribution in [0.4, 0.5) is 0 Å². The molecule has 1 aromatic rings. The van der Waals surface area contributed by atoms with Gasteiger partial charge in [-0.1, -0.05) is 0 Å². The number of carbonyl (C=O) groups excluding carboxylic acids is 1. The Balaban J connectivity index is 1.81. The van der Waals surface area contributed by atoms with Crippen molar-refractivity contribution < 1.29 is 14.3 Å². The van der Waals surface area contributed by atoms with Crippen molar-refractivity contribution in [3.8, 4) is 11.5 Å². The van der Waals surface area contributed by atoms with Crippen LogP contribution in [0.15, 0.2) is 24.3 Å². The van der Waals surface area contributed by atoms with Gasteiger partial charge in [-0.25, -0.2) is 0 Å². The maximum atomic E-state index is 11.8. The third-order valence-corrected chi connectivity index (χ3v) is 3.61. The number of methoxy groups -OCH3 is 1. The van der Waals surface area contributed by atoms with Crippen molar-refractivity contribution in [2.75, 3.05) is 46.9 Å². The Bertz CT molecular complexity index is 450. The second-order valence-electron chi connectivity index (χ2n) is 4.89. The van der Waals surface area contributed by atoms with Crippen molar-refractivity contribution in [3.63, 3.8) is 0 Å². The van der Waals surface area contributed by atoms with Gasteiger partial charge in [-0.3, -0.25) is 9.69 Å². The van der Waals surface area contributed by atoms with Crippen molar-refractivity contribution in [1.82, 2.24) is 15.5 Å². The van der Waals surface area contributed by atoms with Gasteiger partial charge in [0, 0.05) is 33.2 Å². The average Bonchev–Trinajstić information content (AvgIpc) is 2.55. The number of likely N-dealkylation sites (N-methyl/N-ethyl adjacent to an activating group) is 1. The highest BCUT2D eigenvalue weighted by molar-refractivity contribution is 5.81. The molecule has 0 aliphatic carbocycles. The zero-order valence-corrected chi connectivity index (χ0v) is 12.6. The molecular formula is C15H23N3O3. The first-order valence-electron chi connectivity index (χ1n) is 7.18. The van der Waals surface area contributed by atoms with Crippen LogP contribution in [-0.4, -0.2) is 63.8 Å². The normalized spacial score (nSPS) is 19.0. The number of carbonyl (C=O) groups is 1. The molecule has 1 aliphatic rings. The van der Waals surface area contributed by atoms with Crippen LogP contribution in [0.25, 0.3) is 0 Å². The molecule has 6 heteroatoms. The molecule has 116 valence electrons. The Morgan fingerprint density at radius 1 is 1.38 bits per heavy atom. The quantitative estimate of drug-likeness (QED) is 0.778. The molecule has 1 fully saturated rings. The van der Waals surface area contributed by atoms with Gasteiger partial charge in [-0.15, -0.1) is 0 Å².